The minimum Gasteiger partial charge on any atom is -0.368 e. The van der Waals surface area contributed by atoms with Crippen molar-refractivity contribution in [2.45, 2.75) is 39.2 Å². The van der Waals surface area contributed by atoms with Crippen molar-refractivity contribution in [2.75, 3.05) is 0 Å². The van der Waals surface area contributed by atoms with Crippen LogP contribution in [0.3, 0.4) is 0 Å². The fourth-order valence-electron chi connectivity index (χ4n) is 2.00. The molecule has 0 saturated heterocycles. The fraction of sp³-hybridized carbons (Fsp3) is 0.438. The number of hydrogen-bond donors (Lipinski definition) is 2. The largest absolute Gasteiger partial charge is 0.368 e. The zero-order valence-corrected chi connectivity index (χ0v) is 13.5. The van der Waals surface area contributed by atoms with E-state index in [4.69, 9.17) is 17.3 Å². The lowest BCUT2D eigenvalue weighted by Gasteiger charge is -2.18. The third kappa shape index (κ3) is 5.85. The van der Waals surface area contributed by atoms with Crippen molar-refractivity contribution < 1.29 is 14.4 Å². The molecule has 1 aromatic carbocycles. The van der Waals surface area contributed by atoms with Crippen LogP contribution in [0, 0.1) is 5.92 Å². The first kappa shape index (κ1) is 18.2. The first-order valence-electron chi connectivity index (χ1n) is 7.18. The topological polar surface area (TPSA) is 89.3 Å². The Bertz CT molecular complexity index is 541. The highest BCUT2D eigenvalue weighted by atomic mass is 35.5. The zero-order valence-electron chi connectivity index (χ0n) is 12.8. The van der Waals surface area contributed by atoms with Gasteiger partial charge in [0.05, 0.1) is 0 Å². The number of ketones is 1. The number of primary amides is 1. The zero-order chi connectivity index (χ0) is 16.7. The number of Topliss-reactive ketones (excluding diaryl/α,β-unsaturated/α-hetero) is 1. The summed E-state index contributed by atoms with van der Waals surface area (Å²) < 4.78 is 0. The summed E-state index contributed by atoms with van der Waals surface area (Å²) in [6.07, 6.45) is 0.852. The number of rotatable bonds is 8. The van der Waals surface area contributed by atoms with Crippen LogP contribution in [0.25, 0.3) is 0 Å². The van der Waals surface area contributed by atoms with E-state index in [1.807, 2.05) is 0 Å². The van der Waals surface area contributed by atoms with Crippen LogP contribution in [-0.2, 0) is 9.59 Å². The Hall–Kier alpha value is -1.88. The number of hydrogen-bond acceptors (Lipinski definition) is 3. The van der Waals surface area contributed by atoms with Gasteiger partial charge < -0.3 is 11.1 Å². The second-order valence-electron chi connectivity index (χ2n) is 5.48. The number of carbonyl (C=O) groups excluding carboxylic acids is 3. The molecule has 0 heterocycles. The molecule has 0 spiro atoms. The maximum absolute atomic E-state index is 11.9. The molecule has 0 fully saturated rings. The highest BCUT2D eigenvalue weighted by Crippen LogP contribution is 2.12. The third-order valence-corrected chi connectivity index (χ3v) is 3.52. The summed E-state index contributed by atoms with van der Waals surface area (Å²) in [4.78, 5) is 34.9. The van der Waals surface area contributed by atoms with Gasteiger partial charge in [-0.05, 0) is 36.6 Å². The van der Waals surface area contributed by atoms with Crippen molar-refractivity contribution in [1.29, 1.82) is 0 Å². The van der Waals surface area contributed by atoms with E-state index >= 15 is 0 Å². The SMILES string of the molecule is CC(C)C(NC(=O)CCCC(=O)c1ccc(Cl)cc1)C(N)=O. The summed E-state index contributed by atoms with van der Waals surface area (Å²) >= 11 is 5.76. The monoisotopic (exact) mass is 324 g/mol. The van der Waals surface area contributed by atoms with Crippen molar-refractivity contribution in [1.82, 2.24) is 5.32 Å². The number of amides is 2. The quantitative estimate of drug-likeness (QED) is 0.719. The normalized spacial score (nSPS) is 12.0. The van der Waals surface area contributed by atoms with Crippen molar-refractivity contribution in [3.8, 4) is 0 Å². The molecule has 0 aliphatic heterocycles. The molecule has 2 amide bonds. The molecule has 1 aromatic rings. The van der Waals surface area contributed by atoms with Crippen LogP contribution >= 0.6 is 11.6 Å². The fourth-order valence-corrected chi connectivity index (χ4v) is 2.13. The summed E-state index contributed by atoms with van der Waals surface area (Å²) in [5.41, 5.74) is 5.80. The van der Waals surface area contributed by atoms with Gasteiger partial charge >= 0.3 is 0 Å². The van der Waals surface area contributed by atoms with Crippen LogP contribution < -0.4 is 11.1 Å². The van der Waals surface area contributed by atoms with Gasteiger partial charge in [0.2, 0.25) is 11.8 Å². The highest BCUT2D eigenvalue weighted by molar-refractivity contribution is 6.30. The van der Waals surface area contributed by atoms with E-state index < -0.39 is 11.9 Å². The van der Waals surface area contributed by atoms with E-state index in [0.717, 1.165) is 0 Å². The van der Waals surface area contributed by atoms with Gasteiger partial charge in [-0.2, -0.15) is 0 Å². The van der Waals surface area contributed by atoms with Crippen molar-refractivity contribution in [2.24, 2.45) is 11.7 Å². The number of benzene rings is 1. The van der Waals surface area contributed by atoms with Crippen LogP contribution in [0.15, 0.2) is 24.3 Å². The van der Waals surface area contributed by atoms with Crippen molar-refractivity contribution in [3.05, 3.63) is 34.9 Å². The minimum absolute atomic E-state index is 0.0419. The smallest absolute Gasteiger partial charge is 0.240 e. The summed E-state index contributed by atoms with van der Waals surface area (Å²) in [5, 5.41) is 3.17. The Balaban J connectivity index is 2.40. The summed E-state index contributed by atoms with van der Waals surface area (Å²) in [6, 6.07) is 5.95. The Kier molecular flexibility index (Phi) is 7.05. The molecule has 120 valence electrons. The van der Waals surface area contributed by atoms with Crippen LogP contribution in [-0.4, -0.2) is 23.6 Å². The molecule has 3 N–H and O–H groups in total. The Morgan fingerprint density at radius 1 is 1.14 bits per heavy atom. The molecule has 0 aliphatic carbocycles. The van der Waals surface area contributed by atoms with E-state index in [0.29, 0.717) is 17.0 Å². The molecule has 0 aromatic heterocycles. The van der Waals surface area contributed by atoms with Gasteiger partial charge in [-0.3, -0.25) is 14.4 Å². The lowest BCUT2D eigenvalue weighted by atomic mass is 10.0. The molecule has 1 rings (SSSR count). The average molecular weight is 325 g/mol. The second kappa shape index (κ2) is 8.54. The lowest BCUT2D eigenvalue weighted by Crippen LogP contribution is -2.47. The molecule has 5 nitrogen and oxygen atoms in total. The first-order valence-corrected chi connectivity index (χ1v) is 7.56. The lowest BCUT2D eigenvalue weighted by molar-refractivity contribution is -0.128. The van der Waals surface area contributed by atoms with E-state index in [2.05, 4.69) is 5.32 Å². The number of nitrogens with two attached hydrogens (primary N) is 1. The molecule has 0 aliphatic rings. The molecule has 1 unspecified atom stereocenters. The van der Waals surface area contributed by atoms with Crippen LogP contribution in [0.1, 0.15) is 43.5 Å². The van der Waals surface area contributed by atoms with Crippen molar-refractivity contribution >= 4 is 29.2 Å². The second-order valence-corrected chi connectivity index (χ2v) is 5.91. The summed E-state index contributed by atoms with van der Waals surface area (Å²) in [7, 11) is 0. The third-order valence-electron chi connectivity index (χ3n) is 3.26. The Morgan fingerprint density at radius 2 is 1.73 bits per heavy atom. The van der Waals surface area contributed by atoms with E-state index in [-0.39, 0.29) is 30.4 Å². The van der Waals surface area contributed by atoms with Crippen LogP contribution in [0.2, 0.25) is 5.02 Å². The predicted molar refractivity (Wildman–Crippen MR) is 85.6 cm³/mol. The van der Waals surface area contributed by atoms with E-state index in [9.17, 15) is 14.4 Å². The van der Waals surface area contributed by atoms with Gasteiger partial charge in [0.15, 0.2) is 5.78 Å². The molecular formula is C16H21ClN2O3. The van der Waals surface area contributed by atoms with Gasteiger partial charge in [-0.15, -0.1) is 0 Å². The highest BCUT2D eigenvalue weighted by Gasteiger charge is 2.21. The Labute approximate surface area is 135 Å². The van der Waals surface area contributed by atoms with Crippen molar-refractivity contribution in [3.63, 3.8) is 0 Å². The van der Waals surface area contributed by atoms with Crippen LogP contribution in [0.4, 0.5) is 0 Å². The van der Waals surface area contributed by atoms with Gasteiger partial charge in [-0.1, -0.05) is 25.4 Å². The van der Waals surface area contributed by atoms with E-state index in [1.165, 1.54) is 0 Å². The molecule has 1 atom stereocenters. The summed E-state index contributed by atoms with van der Waals surface area (Å²) in [5.74, 6) is -0.945. The number of nitrogens with one attached hydrogen (secondary N) is 1. The number of carbonyl (C=O) groups is 3. The maximum atomic E-state index is 11.9. The molecule has 6 heteroatoms. The van der Waals surface area contributed by atoms with E-state index in [1.54, 1.807) is 38.1 Å². The molecule has 0 bridgehead atoms. The maximum Gasteiger partial charge on any atom is 0.240 e. The minimum atomic E-state index is -0.681. The number of halogens is 1. The predicted octanol–water partition coefficient (Wildman–Crippen LogP) is 2.32. The van der Waals surface area contributed by atoms with Gasteiger partial charge in [0, 0.05) is 23.4 Å². The molecule has 0 saturated carbocycles. The Morgan fingerprint density at radius 3 is 2.23 bits per heavy atom. The van der Waals surface area contributed by atoms with Crippen LogP contribution in [0.5, 0.6) is 0 Å². The first-order chi connectivity index (χ1) is 10.3. The summed E-state index contributed by atoms with van der Waals surface area (Å²) in [6.45, 7) is 3.61. The molecule has 22 heavy (non-hydrogen) atoms. The molecular weight excluding hydrogens is 304 g/mol. The van der Waals surface area contributed by atoms with Gasteiger partial charge in [0.1, 0.15) is 6.04 Å². The molecule has 0 radical (unpaired) electrons. The average Bonchev–Trinajstić information content (AvgIpc) is 2.44. The van der Waals surface area contributed by atoms with Gasteiger partial charge in [-0.25, -0.2) is 0 Å². The van der Waals surface area contributed by atoms with Gasteiger partial charge in [0.25, 0.3) is 0 Å². The standard InChI is InChI=1S/C16H21ClN2O3/c1-10(2)15(16(18)22)19-14(21)5-3-4-13(20)11-6-8-12(17)9-7-11/h6-10,15H,3-5H2,1-2H3,(H2,18,22)(H,19,21).